The molecule has 1 amide bonds. The fraction of sp³-hybridized carbons (Fsp3) is 0.571. The van der Waals surface area contributed by atoms with Crippen molar-refractivity contribution >= 4 is 28.9 Å². The summed E-state index contributed by atoms with van der Waals surface area (Å²) in [5.41, 5.74) is 5.87. The highest BCUT2D eigenvalue weighted by Crippen LogP contribution is 2.62. The van der Waals surface area contributed by atoms with Crippen molar-refractivity contribution in [3.8, 4) is 0 Å². The summed E-state index contributed by atoms with van der Waals surface area (Å²) in [6, 6.07) is 5.45. The van der Waals surface area contributed by atoms with E-state index < -0.39 is 0 Å². The molecule has 182 valence electrons. The number of fused-ring (bicyclic) bond motifs is 5. The van der Waals surface area contributed by atoms with E-state index in [4.69, 9.17) is 16.4 Å². The number of benzene rings is 1. The number of aliphatic hydroxyl groups is 1. The molecule has 0 bridgehead atoms. The fourth-order valence-corrected chi connectivity index (χ4v) is 7.15. The van der Waals surface area contributed by atoms with Crippen molar-refractivity contribution in [2.75, 3.05) is 11.9 Å². The van der Waals surface area contributed by atoms with E-state index in [1.165, 1.54) is 5.57 Å². The van der Waals surface area contributed by atoms with Crippen molar-refractivity contribution in [2.24, 2.45) is 27.8 Å². The van der Waals surface area contributed by atoms with Crippen LogP contribution in [0.5, 0.6) is 0 Å². The molecule has 0 spiro atoms. The first-order valence-corrected chi connectivity index (χ1v) is 12.9. The van der Waals surface area contributed by atoms with E-state index in [1.54, 1.807) is 11.6 Å². The number of carbonyl (C=O) groups is 1. The maximum atomic E-state index is 12.3. The van der Waals surface area contributed by atoms with Gasteiger partial charge < -0.3 is 15.3 Å². The summed E-state index contributed by atoms with van der Waals surface area (Å²) in [4.78, 5) is 17.9. The van der Waals surface area contributed by atoms with Crippen molar-refractivity contribution in [3.05, 3.63) is 52.1 Å². The van der Waals surface area contributed by atoms with Crippen molar-refractivity contribution in [1.29, 1.82) is 0 Å². The summed E-state index contributed by atoms with van der Waals surface area (Å²) in [5, 5.41) is 18.1. The molecule has 3 saturated carbocycles. The van der Waals surface area contributed by atoms with Crippen LogP contribution in [-0.2, 0) is 9.63 Å². The zero-order chi connectivity index (χ0) is 24.1. The molecule has 34 heavy (non-hydrogen) atoms. The quantitative estimate of drug-likeness (QED) is 0.501. The van der Waals surface area contributed by atoms with Crippen molar-refractivity contribution in [1.82, 2.24) is 0 Å². The molecule has 0 aromatic heterocycles. The number of nitrogens with one attached hydrogen (secondary N) is 1. The van der Waals surface area contributed by atoms with Crippen molar-refractivity contribution < 1.29 is 14.7 Å². The van der Waals surface area contributed by atoms with E-state index >= 15 is 0 Å². The maximum absolute atomic E-state index is 12.3. The van der Waals surface area contributed by atoms with Crippen molar-refractivity contribution in [3.63, 3.8) is 0 Å². The minimum atomic E-state index is -0.243. The van der Waals surface area contributed by atoms with Gasteiger partial charge in [0.2, 0.25) is 0 Å². The molecular formula is C28H35ClN2O3. The molecule has 4 aliphatic rings. The first-order chi connectivity index (χ1) is 16.2. The molecule has 0 saturated heterocycles. The van der Waals surface area contributed by atoms with Crippen molar-refractivity contribution in [2.45, 2.75) is 71.8 Å². The second-order valence-electron chi connectivity index (χ2n) is 11.1. The summed E-state index contributed by atoms with van der Waals surface area (Å²) in [5.74, 6) is 0.789. The summed E-state index contributed by atoms with van der Waals surface area (Å²) < 4.78 is 0. The third-order valence-electron chi connectivity index (χ3n) is 9.11. The van der Waals surface area contributed by atoms with E-state index in [0.29, 0.717) is 22.5 Å². The van der Waals surface area contributed by atoms with Crippen LogP contribution in [0.2, 0.25) is 5.02 Å². The lowest BCUT2D eigenvalue weighted by Gasteiger charge is -2.53. The Kier molecular flexibility index (Phi) is 6.14. The molecule has 1 aromatic carbocycles. The van der Waals surface area contributed by atoms with Crippen LogP contribution in [0.25, 0.3) is 0 Å². The van der Waals surface area contributed by atoms with Crippen LogP contribution in [0.15, 0.2) is 46.7 Å². The van der Waals surface area contributed by atoms with Crippen LogP contribution < -0.4 is 5.32 Å². The minimum absolute atomic E-state index is 0.0147. The van der Waals surface area contributed by atoms with E-state index in [1.807, 2.05) is 19.1 Å². The smallest absolute Gasteiger partial charge is 0.265 e. The zero-order valence-electron chi connectivity index (χ0n) is 20.4. The number of aryl methyl sites for hydroxylation is 1. The normalized spacial score (nSPS) is 35.6. The fourth-order valence-electron chi connectivity index (χ4n) is 6.97. The van der Waals surface area contributed by atoms with Gasteiger partial charge >= 0.3 is 0 Å². The van der Waals surface area contributed by atoms with Gasteiger partial charge in [-0.25, -0.2) is 0 Å². The molecule has 0 heterocycles. The molecule has 5 rings (SSSR count). The number of allylic oxidation sites excluding steroid dienone is 3. The number of hydrogen-bond donors (Lipinski definition) is 2. The van der Waals surface area contributed by atoms with Gasteiger partial charge in [0.1, 0.15) is 0 Å². The molecule has 5 atom stereocenters. The van der Waals surface area contributed by atoms with Gasteiger partial charge in [-0.05, 0) is 86.8 Å². The topological polar surface area (TPSA) is 70.9 Å². The lowest BCUT2D eigenvalue weighted by Crippen LogP contribution is -2.46. The standard InChI is InChI=1S/C28H35ClN2O3/c1-17-4-6-19(15-24(17)29)30-26(33)16-34-31-25-9-8-22-21-7-5-18-14-20(32)10-12-27(18,2)23(21)11-13-28(22,25)3/h4-7,15,20,22-23,32H,8-14,16H2,1-3H3,(H,30,33)/b31-25+/t20-,22-,23-,27-,28-/m0/s1. The largest absolute Gasteiger partial charge is 0.393 e. The molecule has 0 radical (unpaired) electrons. The van der Waals surface area contributed by atoms with Crippen LogP contribution >= 0.6 is 11.6 Å². The van der Waals surface area contributed by atoms with Gasteiger partial charge in [-0.2, -0.15) is 0 Å². The van der Waals surface area contributed by atoms with Crippen LogP contribution in [0.3, 0.4) is 0 Å². The zero-order valence-corrected chi connectivity index (χ0v) is 21.1. The Balaban J connectivity index is 1.26. The van der Waals surface area contributed by atoms with E-state index in [2.05, 4.69) is 36.5 Å². The second-order valence-corrected chi connectivity index (χ2v) is 11.5. The molecule has 3 fully saturated rings. The Morgan fingerprint density at radius 1 is 1.18 bits per heavy atom. The first kappa shape index (κ1) is 23.6. The number of hydrogen-bond acceptors (Lipinski definition) is 4. The van der Waals surface area contributed by atoms with Gasteiger partial charge in [0, 0.05) is 16.1 Å². The Hall–Kier alpha value is -2.11. The molecule has 0 aliphatic heterocycles. The predicted octanol–water partition coefficient (Wildman–Crippen LogP) is 6.20. The monoisotopic (exact) mass is 482 g/mol. The Labute approximate surface area is 207 Å². The van der Waals surface area contributed by atoms with Crippen LogP contribution in [0, 0.1) is 29.6 Å². The van der Waals surface area contributed by atoms with E-state index in [0.717, 1.165) is 56.2 Å². The number of anilines is 1. The third kappa shape index (κ3) is 4.01. The molecule has 4 aliphatic carbocycles. The Morgan fingerprint density at radius 3 is 2.74 bits per heavy atom. The van der Waals surface area contributed by atoms with Gasteiger partial charge in [0.25, 0.3) is 5.91 Å². The molecule has 6 heteroatoms. The third-order valence-corrected chi connectivity index (χ3v) is 9.52. The minimum Gasteiger partial charge on any atom is -0.393 e. The summed E-state index contributed by atoms with van der Waals surface area (Å²) in [6.45, 7) is 6.55. The maximum Gasteiger partial charge on any atom is 0.265 e. The Bertz CT molecular complexity index is 1090. The predicted molar refractivity (Wildman–Crippen MR) is 136 cm³/mol. The number of aliphatic hydroxyl groups excluding tert-OH is 1. The molecule has 2 N–H and O–H groups in total. The Morgan fingerprint density at radius 2 is 1.94 bits per heavy atom. The number of oxime groups is 1. The number of nitrogens with zero attached hydrogens (tertiary/aromatic N) is 1. The summed E-state index contributed by atoms with van der Waals surface area (Å²) in [6.07, 6.45) is 11.5. The highest BCUT2D eigenvalue weighted by atomic mass is 35.5. The highest BCUT2D eigenvalue weighted by molar-refractivity contribution is 6.31. The van der Waals surface area contributed by atoms with E-state index in [-0.39, 0.29) is 29.4 Å². The number of halogens is 1. The first-order valence-electron chi connectivity index (χ1n) is 12.6. The lowest BCUT2D eigenvalue weighted by atomic mass is 9.51. The van der Waals surface area contributed by atoms with Gasteiger partial charge in [-0.1, -0.05) is 60.0 Å². The van der Waals surface area contributed by atoms with Crippen LogP contribution in [0.1, 0.15) is 64.4 Å². The second kappa shape index (κ2) is 8.83. The number of carbonyl (C=O) groups excluding carboxylic acids is 1. The summed E-state index contributed by atoms with van der Waals surface area (Å²) >= 11 is 6.15. The van der Waals surface area contributed by atoms with Gasteiger partial charge in [-0.15, -0.1) is 0 Å². The average molecular weight is 483 g/mol. The van der Waals surface area contributed by atoms with Crippen LogP contribution in [0.4, 0.5) is 5.69 Å². The number of rotatable bonds is 4. The van der Waals surface area contributed by atoms with Crippen LogP contribution in [-0.4, -0.2) is 29.4 Å². The lowest BCUT2D eigenvalue weighted by molar-refractivity contribution is -0.120. The van der Waals surface area contributed by atoms with Gasteiger partial charge in [-0.3, -0.25) is 4.79 Å². The summed E-state index contributed by atoms with van der Waals surface area (Å²) in [7, 11) is 0. The number of amides is 1. The molecule has 1 aromatic rings. The molecule has 0 unspecified atom stereocenters. The SMILES string of the molecule is Cc1ccc(NC(=O)CO/N=C2\CC[C@H]3C4=CC=C5C[C@@H](O)CC[C@]5(C)[C@H]4CC[C@]23C)cc1Cl. The molecule has 5 nitrogen and oxygen atoms in total. The van der Waals surface area contributed by atoms with Gasteiger partial charge in [0.05, 0.1) is 11.8 Å². The average Bonchev–Trinajstić information content (AvgIpc) is 3.13. The molecular weight excluding hydrogens is 448 g/mol. The van der Waals surface area contributed by atoms with E-state index in [9.17, 15) is 9.90 Å². The van der Waals surface area contributed by atoms with Gasteiger partial charge in [0.15, 0.2) is 6.61 Å². The highest BCUT2D eigenvalue weighted by Gasteiger charge is 2.55.